The lowest BCUT2D eigenvalue weighted by Crippen LogP contribution is -2.47. The number of hydrogen-bond acceptors (Lipinski definition) is 3. The molecule has 1 saturated heterocycles. The molecule has 19 heavy (non-hydrogen) atoms. The van der Waals surface area contributed by atoms with Crippen molar-refractivity contribution in [3.63, 3.8) is 0 Å². The fourth-order valence-corrected chi connectivity index (χ4v) is 3.69. The maximum Gasteiger partial charge on any atom is 0.326 e. The van der Waals surface area contributed by atoms with Crippen LogP contribution in [0.5, 0.6) is 0 Å². The molecule has 0 aliphatic carbocycles. The van der Waals surface area contributed by atoms with Crippen molar-refractivity contribution in [2.24, 2.45) is 5.92 Å². The third kappa shape index (κ3) is 3.27. The molecule has 5 nitrogen and oxygen atoms in total. The van der Waals surface area contributed by atoms with Crippen LogP contribution in [0.4, 0.5) is 4.79 Å². The number of aliphatic carboxylic acids is 1. The third-order valence-electron chi connectivity index (χ3n) is 3.26. The normalized spacial score (nSPS) is 22.5. The minimum Gasteiger partial charge on any atom is -0.480 e. The lowest BCUT2D eigenvalue weighted by atomic mass is 10.0. The number of thiophene rings is 1. The molecule has 2 N–H and O–H groups in total. The van der Waals surface area contributed by atoms with E-state index < -0.39 is 12.0 Å². The Morgan fingerprint density at radius 3 is 2.89 bits per heavy atom. The first-order valence-electron chi connectivity index (χ1n) is 6.00. The van der Waals surface area contributed by atoms with Crippen LogP contribution in [0.1, 0.15) is 18.2 Å². The molecule has 1 aromatic heterocycles. The van der Waals surface area contributed by atoms with Gasteiger partial charge in [0.1, 0.15) is 6.04 Å². The highest BCUT2D eigenvalue weighted by atomic mass is 79.9. The van der Waals surface area contributed by atoms with E-state index in [1.54, 1.807) is 11.3 Å². The number of carbonyl (C=O) groups excluding carboxylic acids is 1. The Balaban J connectivity index is 1.94. The monoisotopic (exact) mass is 346 g/mol. The summed E-state index contributed by atoms with van der Waals surface area (Å²) < 4.78 is 1.01. The number of rotatable bonds is 3. The molecule has 2 unspecified atom stereocenters. The molecule has 0 aromatic carbocycles. The zero-order valence-electron chi connectivity index (χ0n) is 10.4. The Labute approximate surface area is 123 Å². The number of nitrogens with one attached hydrogen (secondary N) is 1. The van der Waals surface area contributed by atoms with E-state index in [1.165, 1.54) is 4.90 Å². The molecular weight excluding hydrogens is 332 g/mol. The van der Waals surface area contributed by atoms with Crippen LogP contribution in [0.2, 0.25) is 0 Å². The molecule has 1 aliphatic rings. The fourth-order valence-electron chi connectivity index (χ4n) is 2.26. The zero-order valence-corrected chi connectivity index (χ0v) is 12.8. The number of halogens is 1. The van der Waals surface area contributed by atoms with Gasteiger partial charge in [-0.15, -0.1) is 11.3 Å². The standard InChI is InChI=1S/C12H15BrN2O3S/c1-7-4-5-15(10(7)11(16)17)12(18)14-6-8-2-3-9(13)19-8/h2-3,7,10H,4-6H2,1H3,(H,14,18)(H,16,17). The lowest BCUT2D eigenvalue weighted by Gasteiger charge is -2.23. The Morgan fingerprint density at radius 2 is 2.32 bits per heavy atom. The number of likely N-dealkylation sites (tertiary alicyclic amines) is 1. The molecule has 1 fully saturated rings. The largest absolute Gasteiger partial charge is 0.480 e. The van der Waals surface area contributed by atoms with Crippen LogP contribution in [0.3, 0.4) is 0 Å². The predicted molar refractivity (Wildman–Crippen MR) is 76.2 cm³/mol. The van der Waals surface area contributed by atoms with Crippen LogP contribution in [-0.2, 0) is 11.3 Å². The van der Waals surface area contributed by atoms with Gasteiger partial charge < -0.3 is 15.3 Å². The highest BCUT2D eigenvalue weighted by Crippen LogP contribution is 2.25. The summed E-state index contributed by atoms with van der Waals surface area (Å²) in [4.78, 5) is 25.6. The Morgan fingerprint density at radius 1 is 1.58 bits per heavy atom. The highest BCUT2D eigenvalue weighted by molar-refractivity contribution is 9.11. The smallest absolute Gasteiger partial charge is 0.326 e. The average molecular weight is 347 g/mol. The van der Waals surface area contributed by atoms with Gasteiger partial charge in [-0.2, -0.15) is 0 Å². The van der Waals surface area contributed by atoms with Gasteiger partial charge in [0.15, 0.2) is 0 Å². The number of hydrogen-bond donors (Lipinski definition) is 2. The predicted octanol–water partition coefficient (Wildman–Crippen LogP) is 2.52. The molecule has 0 spiro atoms. The highest BCUT2D eigenvalue weighted by Gasteiger charge is 2.39. The summed E-state index contributed by atoms with van der Waals surface area (Å²) in [6, 6.07) is 2.83. The van der Waals surface area contributed by atoms with Gasteiger partial charge in [0, 0.05) is 11.4 Å². The molecule has 7 heteroatoms. The van der Waals surface area contributed by atoms with Gasteiger partial charge in [-0.3, -0.25) is 0 Å². The summed E-state index contributed by atoms with van der Waals surface area (Å²) >= 11 is 4.91. The number of carbonyl (C=O) groups is 2. The topological polar surface area (TPSA) is 69.6 Å². The van der Waals surface area contributed by atoms with Crippen molar-refractivity contribution >= 4 is 39.3 Å². The SMILES string of the molecule is CC1CCN(C(=O)NCc2ccc(Br)s2)C1C(=O)O. The van der Waals surface area contributed by atoms with E-state index in [-0.39, 0.29) is 11.9 Å². The zero-order chi connectivity index (χ0) is 14.0. The summed E-state index contributed by atoms with van der Waals surface area (Å²) in [6.45, 7) is 2.78. The van der Waals surface area contributed by atoms with Crippen molar-refractivity contribution in [1.29, 1.82) is 0 Å². The van der Waals surface area contributed by atoms with Crippen LogP contribution < -0.4 is 5.32 Å². The van der Waals surface area contributed by atoms with E-state index in [4.69, 9.17) is 5.11 Å². The van der Waals surface area contributed by atoms with Gasteiger partial charge in [-0.1, -0.05) is 6.92 Å². The van der Waals surface area contributed by atoms with Crippen LogP contribution in [0.25, 0.3) is 0 Å². The Bertz CT molecular complexity index is 491. The Hall–Kier alpha value is -1.08. The first-order chi connectivity index (χ1) is 8.99. The van der Waals surface area contributed by atoms with E-state index in [1.807, 2.05) is 19.1 Å². The molecule has 104 valence electrons. The van der Waals surface area contributed by atoms with E-state index in [0.29, 0.717) is 13.1 Å². The van der Waals surface area contributed by atoms with E-state index in [0.717, 1.165) is 15.1 Å². The van der Waals surface area contributed by atoms with E-state index >= 15 is 0 Å². The van der Waals surface area contributed by atoms with Gasteiger partial charge in [-0.25, -0.2) is 9.59 Å². The fraction of sp³-hybridized carbons (Fsp3) is 0.500. The molecule has 1 aliphatic heterocycles. The van der Waals surface area contributed by atoms with Crippen molar-refractivity contribution in [1.82, 2.24) is 10.2 Å². The minimum atomic E-state index is -0.931. The van der Waals surface area contributed by atoms with Gasteiger partial charge in [-0.05, 0) is 40.4 Å². The molecule has 0 bridgehead atoms. The van der Waals surface area contributed by atoms with Gasteiger partial charge in [0.25, 0.3) is 0 Å². The van der Waals surface area contributed by atoms with Gasteiger partial charge >= 0.3 is 12.0 Å². The minimum absolute atomic E-state index is 0.000803. The van der Waals surface area contributed by atoms with Crippen LogP contribution in [0.15, 0.2) is 15.9 Å². The second-order valence-corrected chi connectivity index (χ2v) is 7.15. The summed E-state index contributed by atoms with van der Waals surface area (Å²) in [6.07, 6.45) is 0.731. The van der Waals surface area contributed by atoms with Crippen LogP contribution >= 0.6 is 27.3 Å². The van der Waals surface area contributed by atoms with Crippen molar-refractivity contribution in [2.75, 3.05) is 6.54 Å². The molecule has 1 aromatic rings. The molecule has 2 rings (SSSR count). The summed E-state index contributed by atoms with van der Waals surface area (Å²) in [5.74, 6) is -0.932. The number of amides is 2. The number of carboxylic acid groups (broad SMARTS) is 1. The Kier molecular flexibility index (Phi) is 4.46. The maximum atomic E-state index is 12.0. The van der Waals surface area contributed by atoms with Crippen LogP contribution in [-0.4, -0.2) is 34.6 Å². The van der Waals surface area contributed by atoms with Gasteiger partial charge in [0.05, 0.1) is 10.3 Å². The van der Waals surface area contributed by atoms with Crippen molar-refractivity contribution < 1.29 is 14.7 Å². The maximum absolute atomic E-state index is 12.0. The number of urea groups is 1. The third-order valence-corrected chi connectivity index (χ3v) is 4.88. The molecule has 2 heterocycles. The van der Waals surface area contributed by atoms with Crippen molar-refractivity contribution in [2.45, 2.75) is 25.9 Å². The van der Waals surface area contributed by atoms with E-state index in [9.17, 15) is 9.59 Å². The van der Waals surface area contributed by atoms with Crippen molar-refractivity contribution in [3.8, 4) is 0 Å². The lowest BCUT2D eigenvalue weighted by molar-refractivity contribution is -0.142. The number of carboxylic acids is 1. The first-order valence-corrected chi connectivity index (χ1v) is 7.61. The quantitative estimate of drug-likeness (QED) is 0.883. The average Bonchev–Trinajstić information content (AvgIpc) is 2.92. The summed E-state index contributed by atoms with van der Waals surface area (Å²) in [5, 5.41) is 11.9. The molecule has 0 radical (unpaired) electrons. The molecular formula is C12H15BrN2O3S. The summed E-state index contributed by atoms with van der Waals surface area (Å²) in [7, 11) is 0. The van der Waals surface area contributed by atoms with E-state index in [2.05, 4.69) is 21.2 Å². The second-order valence-electron chi connectivity index (χ2n) is 4.61. The molecule has 0 saturated carbocycles. The molecule has 2 amide bonds. The van der Waals surface area contributed by atoms with Crippen molar-refractivity contribution in [3.05, 3.63) is 20.8 Å². The second kappa shape index (κ2) is 5.92. The first kappa shape index (κ1) is 14.3. The van der Waals surface area contributed by atoms with Crippen LogP contribution in [0, 0.1) is 5.92 Å². The van der Waals surface area contributed by atoms with Gasteiger partial charge in [0.2, 0.25) is 0 Å². The summed E-state index contributed by atoms with van der Waals surface area (Å²) in [5.41, 5.74) is 0. The number of nitrogens with zero attached hydrogens (tertiary/aromatic N) is 1. The molecule has 2 atom stereocenters.